The molecule has 1 saturated heterocycles. The van der Waals surface area contributed by atoms with Crippen LogP contribution in [0.25, 0.3) is 0 Å². The molecule has 0 bridgehead atoms. The lowest BCUT2D eigenvalue weighted by atomic mass is 10.2. The minimum Gasteiger partial charge on any atom is -0.366 e. The van der Waals surface area contributed by atoms with Gasteiger partial charge in [0.05, 0.1) is 24.4 Å². The fourth-order valence-electron chi connectivity index (χ4n) is 1.74. The number of carbonyl (C=O) groups excluding carboxylic acids is 1. The number of rotatable bonds is 3. The monoisotopic (exact) mass is 255 g/mol. The van der Waals surface area contributed by atoms with Crippen LogP contribution < -0.4 is 5.32 Å². The van der Waals surface area contributed by atoms with Gasteiger partial charge in [0.15, 0.2) is 0 Å². The van der Waals surface area contributed by atoms with Crippen LogP contribution in [0, 0.1) is 6.92 Å². The first-order valence-electron chi connectivity index (χ1n) is 5.64. The molecule has 1 fully saturated rings. The third-order valence-electron chi connectivity index (χ3n) is 2.80. The van der Waals surface area contributed by atoms with Gasteiger partial charge in [-0.1, -0.05) is 0 Å². The molecule has 0 aliphatic carbocycles. The van der Waals surface area contributed by atoms with Gasteiger partial charge < -0.3 is 15.0 Å². The van der Waals surface area contributed by atoms with Gasteiger partial charge in [0.1, 0.15) is 6.10 Å². The van der Waals surface area contributed by atoms with E-state index in [9.17, 15) is 4.79 Å². The van der Waals surface area contributed by atoms with E-state index >= 15 is 0 Å². The number of carbonyl (C=O) groups is 1. The van der Waals surface area contributed by atoms with E-state index in [-0.39, 0.29) is 12.0 Å². The normalized spacial score (nSPS) is 20.2. The second-order valence-electron chi connectivity index (χ2n) is 4.12. The second kappa shape index (κ2) is 5.57. The van der Waals surface area contributed by atoms with E-state index in [4.69, 9.17) is 4.74 Å². The summed E-state index contributed by atoms with van der Waals surface area (Å²) >= 11 is 1.58. The van der Waals surface area contributed by atoms with Crippen molar-refractivity contribution >= 4 is 17.2 Å². The maximum atomic E-state index is 12.1. The highest BCUT2D eigenvalue weighted by atomic mass is 32.1. The Labute approximate surface area is 105 Å². The molecule has 1 aliphatic rings. The summed E-state index contributed by atoms with van der Waals surface area (Å²) in [6.45, 7) is 4.59. The summed E-state index contributed by atoms with van der Waals surface area (Å²) in [4.78, 5) is 19.1. The second-order valence-corrected chi connectivity index (χ2v) is 5.06. The molecule has 0 saturated carbocycles. The Morgan fingerprint density at radius 3 is 3.18 bits per heavy atom. The zero-order valence-corrected chi connectivity index (χ0v) is 10.9. The molecule has 2 rings (SSSR count). The number of thiazole rings is 1. The minimum absolute atomic E-state index is 0.0324. The molecule has 1 aliphatic heterocycles. The third kappa shape index (κ3) is 3.02. The van der Waals surface area contributed by atoms with E-state index in [1.54, 1.807) is 23.3 Å². The molecule has 0 radical (unpaired) electrons. The number of nitrogens with one attached hydrogen (secondary N) is 1. The number of amides is 1. The average Bonchev–Trinajstić information content (AvgIpc) is 2.75. The summed E-state index contributed by atoms with van der Waals surface area (Å²) in [7, 11) is 1.81. The summed E-state index contributed by atoms with van der Waals surface area (Å²) in [6, 6.07) is 0. The van der Waals surface area contributed by atoms with Crippen molar-refractivity contribution in [1.29, 1.82) is 0 Å². The van der Waals surface area contributed by atoms with E-state index in [1.165, 1.54) is 0 Å². The van der Waals surface area contributed by atoms with Crippen LogP contribution in [0.2, 0.25) is 0 Å². The predicted molar refractivity (Wildman–Crippen MR) is 65.9 cm³/mol. The minimum atomic E-state index is -0.345. The van der Waals surface area contributed by atoms with Crippen molar-refractivity contribution in [3.8, 4) is 0 Å². The van der Waals surface area contributed by atoms with Crippen LogP contribution in [0.4, 0.5) is 0 Å². The lowest BCUT2D eigenvalue weighted by Crippen LogP contribution is -2.48. The molecule has 17 heavy (non-hydrogen) atoms. The van der Waals surface area contributed by atoms with Crippen molar-refractivity contribution < 1.29 is 9.53 Å². The van der Waals surface area contributed by atoms with E-state index in [2.05, 4.69) is 10.3 Å². The van der Waals surface area contributed by atoms with Gasteiger partial charge in [0.2, 0.25) is 0 Å². The van der Waals surface area contributed by atoms with Crippen molar-refractivity contribution in [3.63, 3.8) is 0 Å². The maximum absolute atomic E-state index is 12.1. The van der Waals surface area contributed by atoms with E-state index in [1.807, 2.05) is 12.4 Å². The maximum Gasteiger partial charge on any atom is 0.253 e. The van der Waals surface area contributed by atoms with Gasteiger partial charge in [-0.05, 0) is 6.92 Å². The molecule has 94 valence electrons. The number of ether oxygens (including phenoxy) is 1. The van der Waals surface area contributed by atoms with Crippen LogP contribution in [0.3, 0.4) is 0 Å². The molecular formula is C11H17N3O2S. The Hall–Kier alpha value is -0.980. The third-order valence-corrected chi connectivity index (χ3v) is 3.72. The number of hydrogen-bond donors (Lipinski definition) is 1. The molecule has 2 heterocycles. The quantitative estimate of drug-likeness (QED) is 0.849. The summed E-state index contributed by atoms with van der Waals surface area (Å²) in [5.41, 5.74) is 2.80. The zero-order chi connectivity index (χ0) is 12.3. The molecule has 1 amide bonds. The first kappa shape index (κ1) is 12.5. The number of aryl methyl sites for hydroxylation is 1. The van der Waals surface area contributed by atoms with Crippen LogP contribution in [0.1, 0.15) is 10.6 Å². The van der Waals surface area contributed by atoms with Gasteiger partial charge in [-0.15, -0.1) is 11.3 Å². The molecule has 0 unspecified atom stereocenters. The summed E-state index contributed by atoms with van der Waals surface area (Å²) < 4.78 is 5.44. The summed E-state index contributed by atoms with van der Waals surface area (Å²) in [5, 5.41) is 3.16. The van der Waals surface area contributed by atoms with Gasteiger partial charge in [-0.3, -0.25) is 4.79 Å². The predicted octanol–water partition coefficient (Wildman–Crippen LogP) is 0.398. The fraction of sp³-hybridized carbons (Fsp3) is 0.636. The summed E-state index contributed by atoms with van der Waals surface area (Å²) in [5.74, 6) is 0.0324. The van der Waals surface area contributed by atoms with Gasteiger partial charge in [0.25, 0.3) is 5.91 Å². The van der Waals surface area contributed by atoms with Gasteiger partial charge >= 0.3 is 0 Å². The fourth-order valence-corrected chi connectivity index (χ4v) is 2.57. The number of aromatic nitrogens is 1. The molecule has 0 spiro atoms. The number of morpholine rings is 1. The topological polar surface area (TPSA) is 54.5 Å². The molecule has 5 nitrogen and oxygen atoms in total. The van der Waals surface area contributed by atoms with E-state index in [0.29, 0.717) is 19.7 Å². The molecule has 1 aromatic heterocycles. The molecule has 1 N–H and O–H groups in total. The number of nitrogens with zero attached hydrogens (tertiary/aromatic N) is 2. The summed E-state index contributed by atoms with van der Waals surface area (Å²) in [6.07, 6.45) is -0.345. The standard InChI is InChI=1S/C11H17N3O2S/c1-8-10(17-7-13-8)6-14(2)11(15)9-5-12-3-4-16-9/h7,9,12H,3-6H2,1-2H3/t9-/m1/s1. The Morgan fingerprint density at radius 1 is 1.76 bits per heavy atom. The Balaban J connectivity index is 1.93. The highest BCUT2D eigenvalue weighted by molar-refractivity contribution is 7.09. The van der Waals surface area contributed by atoms with Crippen LogP contribution in [0.5, 0.6) is 0 Å². The highest BCUT2D eigenvalue weighted by Crippen LogP contribution is 2.15. The smallest absolute Gasteiger partial charge is 0.253 e. The average molecular weight is 255 g/mol. The molecule has 1 aromatic rings. The van der Waals surface area contributed by atoms with Crippen LogP contribution in [-0.4, -0.2) is 48.6 Å². The van der Waals surface area contributed by atoms with Crippen molar-refractivity contribution in [3.05, 3.63) is 16.1 Å². The molecule has 6 heteroatoms. The molecule has 1 atom stereocenters. The highest BCUT2D eigenvalue weighted by Gasteiger charge is 2.25. The van der Waals surface area contributed by atoms with E-state index < -0.39 is 0 Å². The lowest BCUT2D eigenvalue weighted by molar-refractivity contribution is -0.144. The van der Waals surface area contributed by atoms with Gasteiger partial charge in [-0.25, -0.2) is 4.98 Å². The lowest BCUT2D eigenvalue weighted by Gasteiger charge is -2.27. The van der Waals surface area contributed by atoms with Crippen molar-refractivity contribution in [1.82, 2.24) is 15.2 Å². The van der Waals surface area contributed by atoms with Crippen molar-refractivity contribution in [2.24, 2.45) is 0 Å². The Bertz CT molecular complexity index is 388. The van der Waals surface area contributed by atoms with Gasteiger partial charge in [-0.2, -0.15) is 0 Å². The first-order chi connectivity index (χ1) is 8.18. The zero-order valence-electron chi connectivity index (χ0n) is 10.1. The Kier molecular flexibility index (Phi) is 4.09. The van der Waals surface area contributed by atoms with Crippen LogP contribution in [0.15, 0.2) is 5.51 Å². The number of hydrogen-bond acceptors (Lipinski definition) is 5. The van der Waals surface area contributed by atoms with E-state index in [0.717, 1.165) is 17.1 Å². The van der Waals surface area contributed by atoms with Crippen LogP contribution >= 0.6 is 11.3 Å². The van der Waals surface area contributed by atoms with Gasteiger partial charge in [0, 0.05) is 25.0 Å². The van der Waals surface area contributed by atoms with Crippen LogP contribution in [-0.2, 0) is 16.1 Å². The molecular weight excluding hydrogens is 238 g/mol. The first-order valence-corrected chi connectivity index (χ1v) is 6.52. The molecule has 0 aromatic carbocycles. The van der Waals surface area contributed by atoms with Crippen molar-refractivity contribution in [2.75, 3.05) is 26.7 Å². The number of likely N-dealkylation sites (N-methyl/N-ethyl adjacent to an activating group) is 1. The largest absolute Gasteiger partial charge is 0.366 e. The Morgan fingerprint density at radius 2 is 2.59 bits per heavy atom. The van der Waals surface area contributed by atoms with Crippen molar-refractivity contribution in [2.45, 2.75) is 19.6 Å². The SMILES string of the molecule is Cc1ncsc1CN(C)C(=O)[C@H]1CNCCO1.